The lowest BCUT2D eigenvalue weighted by Gasteiger charge is -2.24. The Hall–Kier alpha value is -3.67. The van der Waals surface area contributed by atoms with Crippen LogP contribution in [0.4, 0.5) is 4.39 Å². The summed E-state index contributed by atoms with van der Waals surface area (Å²) in [7, 11) is 0. The van der Waals surface area contributed by atoms with Crippen molar-refractivity contribution in [3.05, 3.63) is 101 Å². The van der Waals surface area contributed by atoms with Crippen LogP contribution in [0.1, 0.15) is 28.5 Å². The number of halogens is 1. The minimum Gasteiger partial charge on any atom is -0.507 e. The van der Waals surface area contributed by atoms with Crippen molar-refractivity contribution in [2.24, 2.45) is 0 Å². The van der Waals surface area contributed by atoms with E-state index in [0.29, 0.717) is 16.9 Å². The first-order valence-corrected chi connectivity index (χ1v) is 9.09. The number of Topliss-reactive ketones (excluding diaryl/α,β-unsaturated/α-hetero) is 1. The molecule has 1 unspecified atom stereocenters. The van der Waals surface area contributed by atoms with Crippen molar-refractivity contribution in [1.82, 2.24) is 4.90 Å². The topological polar surface area (TPSA) is 70.8 Å². The molecule has 0 aliphatic carbocycles. The first-order valence-electron chi connectivity index (χ1n) is 9.09. The van der Waals surface area contributed by atoms with Crippen LogP contribution in [0.15, 0.2) is 76.9 Å². The third-order valence-corrected chi connectivity index (χ3v) is 5.01. The molecule has 29 heavy (non-hydrogen) atoms. The smallest absolute Gasteiger partial charge is 0.296 e. The molecule has 0 radical (unpaired) electrons. The molecule has 1 atom stereocenters. The zero-order chi connectivity index (χ0) is 20.5. The summed E-state index contributed by atoms with van der Waals surface area (Å²) >= 11 is 0. The number of furan rings is 1. The lowest BCUT2D eigenvalue weighted by Crippen LogP contribution is -2.29. The molecule has 1 fully saturated rings. The summed E-state index contributed by atoms with van der Waals surface area (Å²) in [6, 6.07) is 15.7. The largest absolute Gasteiger partial charge is 0.507 e. The van der Waals surface area contributed by atoms with Gasteiger partial charge in [-0.05, 0) is 36.2 Å². The van der Waals surface area contributed by atoms with Gasteiger partial charge in [-0.25, -0.2) is 4.39 Å². The molecule has 1 N–H and O–H groups in total. The maximum absolute atomic E-state index is 14.0. The van der Waals surface area contributed by atoms with E-state index in [-0.39, 0.29) is 17.7 Å². The second kappa shape index (κ2) is 7.39. The van der Waals surface area contributed by atoms with Gasteiger partial charge in [0.2, 0.25) is 0 Å². The van der Waals surface area contributed by atoms with Gasteiger partial charge >= 0.3 is 0 Å². The fourth-order valence-electron chi connectivity index (χ4n) is 3.49. The van der Waals surface area contributed by atoms with Gasteiger partial charge in [0.15, 0.2) is 0 Å². The van der Waals surface area contributed by atoms with Gasteiger partial charge in [0.1, 0.15) is 17.3 Å². The molecule has 0 spiro atoms. The Morgan fingerprint density at radius 2 is 1.86 bits per heavy atom. The number of likely N-dealkylation sites (tertiary alicyclic amines) is 1. The molecule has 1 aromatic heterocycles. The van der Waals surface area contributed by atoms with E-state index in [1.165, 1.54) is 23.3 Å². The highest BCUT2D eigenvalue weighted by Crippen LogP contribution is 2.40. The predicted octanol–water partition coefficient (Wildman–Crippen LogP) is 4.35. The lowest BCUT2D eigenvalue weighted by molar-refractivity contribution is -0.140. The van der Waals surface area contributed by atoms with E-state index in [4.69, 9.17) is 4.42 Å². The van der Waals surface area contributed by atoms with E-state index in [9.17, 15) is 19.1 Å². The van der Waals surface area contributed by atoms with Gasteiger partial charge in [-0.15, -0.1) is 0 Å². The number of nitrogens with zero attached hydrogens (tertiary/aromatic N) is 1. The van der Waals surface area contributed by atoms with Crippen LogP contribution in [0.2, 0.25) is 0 Å². The summed E-state index contributed by atoms with van der Waals surface area (Å²) in [5.74, 6) is -1.96. The number of hydrogen-bond donors (Lipinski definition) is 1. The van der Waals surface area contributed by atoms with Crippen LogP contribution in [0.3, 0.4) is 0 Å². The number of aliphatic hydroxyl groups is 1. The number of carbonyl (C=O) groups excluding carboxylic acids is 2. The molecule has 0 saturated carbocycles. The number of ketones is 1. The van der Waals surface area contributed by atoms with Crippen LogP contribution in [-0.4, -0.2) is 21.7 Å². The van der Waals surface area contributed by atoms with Gasteiger partial charge in [-0.3, -0.25) is 9.59 Å². The molecule has 4 rings (SSSR count). The van der Waals surface area contributed by atoms with Gasteiger partial charge in [0.25, 0.3) is 11.7 Å². The SMILES string of the molecule is Cc1ccc(/C(O)=C2\C(=O)C(=O)N(Cc3ccco3)C2c2ccccc2)cc1F. The summed E-state index contributed by atoms with van der Waals surface area (Å²) in [5, 5.41) is 10.9. The normalized spacial score (nSPS) is 18.4. The van der Waals surface area contributed by atoms with Crippen LogP contribution in [-0.2, 0) is 16.1 Å². The zero-order valence-electron chi connectivity index (χ0n) is 15.6. The van der Waals surface area contributed by atoms with Crippen molar-refractivity contribution in [3.63, 3.8) is 0 Å². The van der Waals surface area contributed by atoms with E-state index < -0.39 is 29.3 Å². The van der Waals surface area contributed by atoms with E-state index in [2.05, 4.69) is 0 Å². The monoisotopic (exact) mass is 391 g/mol. The number of amides is 1. The average Bonchev–Trinajstić information content (AvgIpc) is 3.32. The molecule has 1 amide bonds. The summed E-state index contributed by atoms with van der Waals surface area (Å²) < 4.78 is 19.4. The molecule has 2 heterocycles. The van der Waals surface area contributed by atoms with Crippen molar-refractivity contribution in [2.45, 2.75) is 19.5 Å². The van der Waals surface area contributed by atoms with Crippen molar-refractivity contribution < 1.29 is 23.5 Å². The third-order valence-electron chi connectivity index (χ3n) is 5.01. The molecule has 1 aliphatic rings. The van der Waals surface area contributed by atoms with Crippen molar-refractivity contribution in [3.8, 4) is 0 Å². The zero-order valence-corrected chi connectivity index (χ0v) is 15.6. The highest BCUT2D eigenvalue weighted by atomic mass is 19.1. The van der Waals surface area contributed by atoms with Gasteiger partial charge in [0, 0.05) is 5.56 Å². The number of rotatable bonds is 4. The second-order valence-electron chi connectivity index (χ2n) is 6.88. The van der Waals surface area contributed by atoms with Gasteiger partial charge in [-0.2, -0.15) is 0 Å². The number of aryl methyl sites for hydroxylation is 1. The highest BCUT2D eigenvalue weighted by Gasteiger charge is 2.46. The van der Waals surface area contributed by atoms with Crippen molar-refractivity contribution in [2.75, 3.05) is 0 Å². The van der Waals surface area contributed by atoms with Crippen molar-refractivity contribution >= 4 is 17.4 Å². The Morgan fingerprint density at radius 1 is 1.10 bits per heavy atom. The first kappa shape index (κ1) is 18.7. The first-order chi connectivity index (χ1) is 14.0. The standard InChI is InChI=1S/C23H18FNO4/c1-14-9-10-16(12-18(14)24)21(26)19-20(15-6-3-2-4-7-15)25(23(28)22(19)27)13-17-8-5-11-29-17/h2-12,20,26H,13H2,1H3/b21-19+. The number of carbonyl (C=O) groups is 2. The van der Waals surface area contributed by atoms with Gasteiger partial charge in [0.05, 0.1) is 24.4 Å². The minimum atomic E-state index is -0.816. The summed E-state index contributed by atoms with van der Waals surface area (Å²) in [5.41, 5.74) is 1.15. The predicted molar refractivity (Wildman–Crippen MR) is 104 cm³/mol. The molecule has 1 saturated heterocycles. The number of benzene rings is 2. The number of hydrogen-bond acceptors (Lipinski definition) is 4. The highest BCUT2D eigenvalue weighted by molar-refractivity contribution is 6.46. The third kappa shape index (κ3) is 3.33. The van der Waals surface area contributed by atoms with E-state index >= 15 is 0 Å². The van der Waals surface area contributed by atoms with Crippen molar-refractivity contribution in [1.29, 1.82) is 0 Å². The molecule has 146 valence electrons. The number of aliphatic hydroxyl groups excluding tert-OH is 1. The Kier molecular flexibility index (Phi) is 4.76. The quantitative estimate of drug-likeness (QED) is 0.408. The minimum absolute atomic E-state index is 0.0656. The Bertz CT molecular complexity index is 1100. The summed E-state index contributed by atoms with van der Waals surface area (Å²) in [6.45, 7) is 1.67. The molecule has 6 heteroatoms. The molecule has 1 aliphatic heterocycles. The molecule has 0 bridgehead atoms. The van der Waals surface area contributed by atoms with Crippen LogP contribution >= 0.6 is 0 Å². The molecular formula is C23H18FNO4. The molecule has 3 aromatic rings. The second-order valence-corrected chi connectivity index (χ2v) is 6.88. The molecule has 5 nitrogen and oxygen atoms in total. The van der Waals surface area contributed by atoms with Gasteiger partial charge in [-0.1, -0.05) is 42.5 Å². The Morgan fingerprint density at radius 3 is 2.52 bits per heavy atom. The average molecular weight is 391 g/mol. The Balaban J connectivity index is 1.87. The fourth-order valence-corrected chi connectivity index (χ4v) is 3.49. The van der Waals surface area contributed by atoms with Crippen LogP contribution in [0.5, 0.6) is 0 Å². The van der Waals surface area contributed by atoms with Gasteiger partial charge < -0.3 is 14.4 Å². The summed E-state index contributed by atoms with van der Waals surface area (Å²) in [6.07, 6.45) is 1.48. The van der Waals surface area contributed by atoms with E-state index in [0.717, 1.165) is 6.07 Å². The summed E-state index contributed by atoms with van der Waals surface area (Å²) in [4.78, 5) is 27.0. The fraction of sp³-hybridized carbons (Fsp3) is 0.130. The maximum atomic E-state index is 14.0. The maximum Gasteiger partial charge on any atom is 0.296 e. The van der Waals surface area contributed by atoms with Crippen LogP contribution < -0.4 is 0 Å². The Labute approximate surface area is 166 Å². The van der Waals surface area contributed by atoms with Crippen LogP contribution in [0, 0.1) is 12.7 Å². The molecular weight excluding hydrogens is 373 g/mol. The molecule has 2 aromatic carbocycles. The van der Waals surface area contributed by atoms with Crippen LogP contribution in [0.25, 0.3) is 5.76 Å². The lowest BCUT2D eigenvalue weighted by atomic mass is 9.95. The van der Waals surface area contributed by atoms with E-state index in [1.54, 1.807) is 43.3 Å². The van der Waals surface area contributed by atoms with E-state index in [1.807, 2.05) is 6.07 Å².